The lowest BCUT2D eigenvalue weighted by molar-refractivity contribution is 0.102. The van der Waals surface area contributed by atoms with Gasteiger partial charge in [0.05, 0.1) is 11.9 Å². The summed E-state index contributed by atoms with van der Waals surface area (Å²) < 4.78 is 29.1. The number of fused-ring (bicyclic) bond motifs is 4. The summed E-state index contributed by atoms with van der Waals surface area (Å²) in [6, 6.07) is 2.71. The Morgan fingerprint density at radius 2 is 2.24 bits per heavy atom. The Hall–Kier alpha value is -3.08. The van der Waals surface area contributed by atoms with E-state index in [1.165, 1.54) is 28.6 Å². The number of piperidine rings is 2. The van der Waals surface area contributed by atoms with Crippen molar-refractivity contribution in [2.45, 2.75) is 31.4 Å². The molecule has 1 amide bonds. The van der Waals surface area contributed by atoms with Crippen molar-refractivity contribution in [2.75, 3.05) is 23.3 Å². The van der Waals surface area contributed by atoms with E-state index in [1.54, 1.807) is 6.20 Å². The van der Waals surface area contributed by atoms with Crippen LogP contribution in [0.1, 0.15) is 35.3 Å². The largest absolute Gasteiger partial charge is 0.351 e. The lowest BCUT2D eigenvalue weighted by Gasteiger charge is -2.46. The number of carbonyl (C=O) groups excluding carboxylic acids is 1. The predicted octanol–water partition coefficient (Wildman–Crippen LogP) is 1.59. The standard InChI is InChI=1S/C18H20F2N8O/c1-26-9-13(15(25-26)16(19)20)23-18(29)12-7-22-28-5-4-14(24-17(12)28)27-8-10-2-3-11(27)6-21-10/h4-5,7,9-11,16,21H,2-3,6,8H2,1H3,(H,23,29)/t10-,11-/m0/s1. The minimum absolute atomic E-state index is 0.0255. The smallest absolute Gasteiger partial charge is 0.284 e. The number of hydrogen-bond donors (Lipinski definition) is 2. The van der Waals surface area contributed by atoms with Gasteiger partial charge < -0.3 is 15.5 Å². The molecule has 2 atom stereocenters. The SMILES string of the molecule is Cn1cc(NC(=O)c2cnn3ccc(N4C[C@@H]5CC[C@H]4CN5)nc23)c(C(F)F)n1. The summed E-state index contributed by atoms with van der Waals surface area (Å²) in [4.78, 5) is 19.7. The van der Waals surface area contributed by atoms with Gasteiger partial charge >= 0.3 is 0 Å². The van der Waals surface area contributed by atoms with Gasteiger partial charge in [-0.1, -0.05) is 0 Å². The van der Waals surface area contributed by atoms with Gasteiger partial charge in [-0.15, -0.1) is 0 Å². The number of alkyl halides is 2. The zero-order chi connectivity index (χ0) is 20.1. The first-order chi connectivity index (χ1) is 14.0. The number of aryl methyl sites for hydroxylation is 1. The molecule has 3 fully saturated rings. The van der Waals surface area contributed by atoms with Crippen molar-refractivity contribution in [3.8, 4) is 0 Å². The van der Waals surface area contributed by atoms with E-state index in [0.29, 0.717) is 17.7 Å². The van der Waals surface area contributed by atoms with Gasteiger partial charge in [0.1, 0.15) is 11.4 Å². The number of hydrogen-bond acceptors (Lipinski definition) is 6. The molecular weight excluding hydrogens is 382 g/mol. The number of piperazine rings is 1. The molecule has 0 aliphatic carbocycles. The van der Waals surface area contributed by atoms with Crippen LogP contribution in [-0.2, 0) is 7.05 Å². The molecule has 0 saturated carbocycles. The zero-order valence-corrected chi connectivity index (χ0v) is 15.7. The second-order valence-electron chi connectivity index (χ2n) is 7.46. The number of nitrogens with one attached hydrogen (secondary N) is 2. The predicted molar refractivity (Wildman–Crippen MR) is 101 cm³/mol. The van der Waals surface area contributed by atoms with Gasteiger partial charge in [0, 0.05) is 44.6 Å². The molecule has 0 aromatic carbocycles. The minimum atomic E-state index is -2.79. The average molecular weight is 402 g/mol. The van der Waals surface area contributed by atoms with Crippen molar-refractivity contribution < 1.29 is 13.6 Å². The molecule has 11 heteroatoms. The summed E-state index contributed by atoms with van der Waals surface area (Å²) in [5.74, 6) is 0.235. The van der Waals surface area contributed by atoms with Crippen LogP contribution in [0.5, 0.6) is 0 Å². The number of aromatic nitrogens is 5. The Morgan fingerprint density at radius 1 is 1.38 bits per heavy atom. The fraction of sp³-hybridized carbons (Fsp3) is 0.444. The van der Waals surface area contributed by atoms with Crippen LogP contribution >= 0.6 is 0 Å². The van der Waals surface area contributed by atoms with Crippen LogP contribution in [0.2, 0.25) is 0 Å². The van der Waals surface area contributed by atoms with Crippen molar-refractivity contribution in [1.82, 2.24) is 29.7 Å². The van der Waals surface area contributed by atoms with E-state index in [9.17, 15) is 13.6 Å². The second-order valence-corrected chi connectivity index (χ2v) is 7.46. The molecule has 3 aromatic heterocycles. The van der Waals surface area contributed by atoms with E-state index in [2.05, 4.69) is 30.7 Å². The Balaban J connectivity index is 1.45. The van der Waals surface area contributed by atoms with Gasteiger partial charge in [0.2, 0.25) is 0 Å². The lowest BCUT2D eigenvalue weighted by Crippen LogP contribution is -2.61. The monoisotopic (exact) mass is 402 g/mol. The molecule has 3 aliphatic rings. The highest BCUT2D eigenvalue weighted by Gasteiger charge is 2.34. The third kappa shape index (κ3) is 3.11. The molecule has 2 N–H and O–H groups in total. The van der Waals surface area contributed by atoms with Crippen LogP contribution in [0.4, 0.5) is 20.3 Å². The van der Waals surface area contributed by atoms with E-state index < -0.39 is 18.0 Å². The molecule has 152 valence electrons. The van der Waals surface area contributed by atoms with Crippen LogP contribution in [-0.4, -0.2) is 55.5 Å². The third-order valence-corrected chi connectivity index (χ3v) is 5.55. The van der Waals surface area contributed by atoms with Crippen molar-refractivity contribution in [1.29, 1.82) is 0 Å². The summed E-state index contributed by atoms with van der Waals surface area (Å²) in [5.41, 5.74) is 0.110. The molecule has 0 unspecified atom stereocenters. The first-order valence-corrected chi connectivity index (χ1v) is 9.47. The highest BCUT2D eigenvalue weighted by Crippen LogP contribution is 2.28. The van der Waals surface area contributed by atoms with E-state index in [-0.39, 0.29) is 11.3 Å². The Morgan fingerprint density at radius 3 is 2.93 bits per heavy atom. The zero-order valence-electron chi connectivity index (χ0n) is 15.7. The number of rotatable bonds is 4. The highest BCUT2D eigenvalue weighted by atomic mass is 19.3. The molecule has 2 bridgehead atoms. The molecule has 6 heterocycles. The number of halogens is 2. The molecule has 0 radical (unpaired) electrons. The lowest BCUT2D eigenvalue weighted by atomic mass is 9.93. The summed E-state index contributed by atoms with van der Waals surface area (Å²) in [6.07, 6.45) is 3.98. The molecule has 9 nitrogen and oxygen atoms in total. The topological polar surface area (TPSA) is 92.4 Å². The second kappa shape index (κ2) is 6.76. The Labute approximate surface area is 164 Å². The van der Waals surface area contributed by atoms with E-state index in [1.807, 2.05) is 6.07 Å². The number of amides is 1. The third-order valence-electron chi connectivity index (χ3n) is 5.55. The number of anilines is 2. The fourth-order valence-corrected chi connectivity index (χ4v) is 4.12. The maximum Gasteiger partial charge on any atom is 0.284 e. The average Bonchev–Trinajstić information content (AvgIpc) is 3.31. The number of carbonyl (C=O) groups is 1. The maximum absolute atomic E-state index is 13.2. The van der Waals surface area contributed by atoms with Crippen molar-refractivity contribution in [3.63, 3.8) is 0 Å². The van der Waals surface area contributed by atoms with Gasteiger partial charge in [-0.05, 0) is 18.9 Å². The van der Waals surface area contributed by atoms with Crippen LogP contribution < -0.4 is 15.5 Å². The van der Waals surface area contributed by atoms with Gasteiger partial charge in [-0.25, -0.2) is 18.3 Å². The molecule has 3 aromatic rings. The molecule has 29 heavy (non-hydrogen) atoms. The van der Waals surface area contributed by atoms with Crippen molar-refractivity contribution in [3.05, 3.63) is 35.9 Å². The van der Waals surface area contributed by atoms with Crippen molar-refractivity contribution >= 4 is 23.1 Å². The minimum Gasteiger partial charge on any atom is -0.351 e. The van der Waals surface area contributed by atoms with Gasteiger partial charge in [0.25, 0.3) is 12.3 Å². The van der Waals surface area contributed by atoms with Crippen molar-refractivity contribution in [2.24, 2.45) is 7.05 Å². The Kier molecular flexibility index (Phi) is 4.19. The first-order valence-electron chi connectivity index (χ1n) is 9.47. The van der Waals surface area contributed by atoms with Gasteiger partial charge in [0.15, 0.2) is 11.3 Å². The highest BCUT2D eigenvalue weighted by molar-refractivity contribution is 6.08. The van der Waals surface area contributed by atoms with Crippen LogP contribution in [0, 0.1) is 0 Å². The summed E-state index contributed by atoms with van der Waals surface area (Å²) in [5, 5.41) is 13.9. The molecule has 0 spiro atoms. The van der Waals surface area contributed by atoms with Gasteiger partial charge in [-0.3, -0.25) is 9.48 Å². The van der Waals surface area contributed by atoms with Crippen LogP contribution in [0.25, 0.3) is 5.65 Å². The molecule has 6 rings (SSSR count). The van der Waals surface area contributed by atoms with E-state index in [0.717, 1.165) is 31.7 Å². The molecule has 3 aliphatic heterocycles. The summed E-state index contributed by atoms with van der Waals surface area (Å²) in [6.45, 7) is 1.79. The van der Waals surface area contributed by atoms with E-state index in [4.69, 9.17) is 0 Å². The Bertz CT molecular complexity index is 1070. The van der Waals surface area contributed by atoms with Gasteiger partial charge in [-0.2, -0.15) is 10.2 Å². The first kappa shape index (κ1) is 18.0. The van der Waals surface area contributed by atoms with Crippen LogP contribution in [0.15, 0.2) is 24.7 Å². The van der Waals surface area contributed by atoms with E-state index >= 15 is 0 Å². The maximum atomic E-state index is 13.2. The van der Waals surface area contributed by atoms with Crippen LogP contribution in [0.3, 0.4) is 0 Å². The quantitative estimate of drug-likeness (QED) is 0.689. The molecular formula is C18H20F2N8O. The summed E-state index contributed by atoms with van der Waals surface area (Å²) in [7, 11) is 1.52. The fourth-order valence-electron chi connectivity index (χ4n) is 4.12. The number of nitrogens with zero attached hydrogens (tertiary/aromatic N) is 6. The molecule has 3 saturated heterocycles. The summed E-state index contributed by atoms with van der Waals surface area (Å²) >= 11 is 0. The normalized spacial score (nSPS) is 21.3.